The summed E-state index contributed by atoms with van der Waals surface area (Å²) in [4.78, 5) is 5.07. The second-order valence-corrected chi connectivity index (χ2v) is 5.33. The van der Waals surface area contributed by atoms with Gasteiger partial charge in [0.1, 0.15) is 6.67 Å². The normalized spacial score (nSPS) is 30.3. The molecule has 0 aromatic rings. The molecule has 2 rings (SSSR count). The molecular formula is C12H16F5N3. The van der Waals surface area contributed by atoms with Gasteiger partial charge in [-0.2, -0.15) is 13.2 Å². The van der Waals surface area contributed by atoms with Gasteiger partial charge in [-0.3, -0.25) is 4.99 Å². The molecule has 0 radical (unpaired) electrons. The Balaban J connectivity index is 1.98. The zero-order valence-corrected chi connectivity index (χ0v) is 10.9. The van der Waals surface area contributed by atoms with Crippen LogP contribution in [0.2, 0.25) is 0 Å². The van der Waals surface area contributed by atoms with E-state index < -0.39 is 24.2 Å². The lowest BCUT2D eigenvalue weighted by Gasteiger charge is -2.38. The number of allylic oxidation sites excluding steroid dienone is 1. The lowest BCUT2D eigenvalue weighted by atomic mass is 9.90. The first-order valence-corrected chi connectivity index (χ1v) is 6.31. The van der Waals surface area contributed by atoms with Crippen LogP contribution in [0.5, 0.6) is 0 Å². The predicted octanol–water partition coefficient (Wildman–Crippen LogP) is 2.41. The lowest BCUT2D eigenvalue weighted by Crippen LogP contribution is -2.54. The van der Waals surface area contributed by atoms with E-state index in [2.05, 4.69) is 10.3 Å². The van der Waals surface area contributed by atoms with E-state index in [0.717, 1.165) is 12.4 Å². The van der Waals surface area contributed by atoms with Gasteiger partial charge in [0.15, 0.2) is 0 Å². The Morgan fingerprint density at radius 3 is 2.75 bits per heavy atom. The topological polar surface area (TPSA) is 27.6 Å². The molecule has 0 unspecified atom stereocenters. The summed E-state index contributed by atoms with van der Waals surface area (Å²) in [6.45, 7) is 1.58. The number of hydrogen-bond donors (Lipinski definition) is 1. The smallest absolute Gasteiger partial charge is 0.356 e. The Bertz CT molecular complexity index is 416. The molecule has 0 saturated carbocycles. The quantitative estimate of drug-likeness (QED) is 0.793. The fraction of sp³-hybridized carbons (Fsp3) is 0.750. The average molecular weight is 297 g/mol. The zero-order chi connectivity index (χ0) is 15.0. The molecule has 2 atom stereocenters. The second-order valence-electron chi connectivity index (χ2n) is 5.33. The van der Waals surface area contributed by atoms with Gasteiger partial charge < -0.3 is 10.2 Å². The van der Waals surface area contributed by atoms with Crippen molar-refractivity contribution in [1.82, 2.24) is 10.2 Å². The van der Waals surface area contributed by atoms with E-state index in [-0.39, 0.29) is 31.6 Å². The minimum absolute atomic E-state index is 0.112. The van der Waals surface area contributed by atoms with Crippen LogP contribution in [0.15, 0.2) is 16.8 Å². The van der Waals surface area contributed by atoms with E-state index in [0.29, 0.717) is 0 Å². The van der Waals surface area contributed by atoms with Gasteiger partial charge in [0, 0.05) is 31.4 Å². The Kier molecular flexibility index (Phi) is 4.04. The number of halogens is 5. The van der Waals surface area contributed by atoms with Crippen molar-refractivity contribution in [2.24, 2.45) is 10.9 Å². The molecule has 3 nitrogen and oxygen atoms in total. The molecule has 8 heteroatoms. The van der Waals surface area contributed by atoms with Gasteiger partial charge in [0.25, 0.3) is 5.92 Å². The molecule has 1 fully saturated rings. The Labute approximate surface area is 113 Å². The molecule has 0 aromatic carbocycles. The van der Waals surface area contributed by atoms with Crippen LogP contribution < -0.4 is 5.32 Å². The van der Waals surface area contributed by atoms with Gasteiger partial charge in [-0.15, -0.1) is 0 Å². The summed E-state index contributed by atoms with van der Waals surface area (Å²) in [5, 5.41) is 2.71. The largest absolute Gasteiger partial charge is 0.419 e. The number of nitrogens with zero attached hydrogens (tertiary/aromatic N) is 2. The van der Waals surface area contributed by atoms with Gasteiger partial charge in [0.2, 0.25) is 0 Å². The van der Waals surface area contributed by atoms with Crippen molar-refractivity contribution in [2.45, 2.75) is 31.5 Å². The highest BCUT2D eigenvalue weighted by molar-refractivity contribution is 5.80. The Morgan fingerprint density at radius 2 is 2.15 bits per heavy atom. The van der Waals surface area contributed by atoms with Gasteiger partial charge in [0.05, 0.1) is 12.1 Å². The number of hydrogen-bond acceptors (Lipinski definition) is 3. The van der Waals surface area contributed by atoms with Crippen molar-refractivity contribution in [3.8, 4) is 0 Å². The van der Waals surface area contributed by atoms with Crippen molar-refractivity contribution in [1.29, 1.82) is 0 Å². The van der Waals surface area contributed by atoms with Crippen LogP contribution >= 0.6 is 0 Å². The first-order valence-electron chi connectivity index (χ1n) is 6.31. The van der Waals surface area contributed by atoms with Gasteiger partial charge in [-0.25, -0.2) is 8.78 Å². The number of rotatable bonds is 2. The van der Waals surface area contributed by atoms with Crippen LogP contribution in [0, 0.1) is 5.92 Å². The van der Waals surface area contributed by atoms with Gasteiger partial charge in [-0.05, 0) is 5.92 Å². The molecule has 0 aliphatic carbocycles. The van der Waals surface area contributed by atoms with E-state index in [1.165, 1.54) is 4.90 Å². The van der Waals surface area contributed by atoms with Crippen molar-refractivity contribution in [3.63, 3.8) is 0 Å². The van der Waals surface area contributed by atoms with Crippen molar-refractivity contribution < 1.29 is 22.0 Å². The van der Waals surface area contributed by atoms with Crippen molar-refractivity contribution >= 4 is 6.21 Å². The molecule has 2 aliphatic rings. The molecule has 20 heavy (non-hydrogen) atoms. The SMILES string of the molecule is C[C@@H]1CC(F)(F)CN[C@@H]1CN1C=C(C(F)(F)F)C=NC1. The van der Waals surface area contributed by atoms with Crippen LogP contribution in [0.3, 0.4) is 0 Å². The van der Waals surface area contributed by atoms with E-state index in [4.69, 9.17) is 0 Å². The number of aliphatic imine (C=N–C) groups is 1. The molecule has 2 heterocycles. The maximum absolute atomic E-state index is 13.2. The molecule has 0 bridgehead atoms. The van der Waals surface area contributed by atoms with E-state index in [9.17, 15) is 22.0 Å². The van der Waals surface area contributed by atoms with Crippen LogP contribution in [-0.2, 0) is 0 Å². The predicted molar refractivity (Wildman–Crippen MR) is 64.7 cm³/mol. The molecule has 1 N–H and O–H groups in total. The Hall–Kier alpha value is -1.18. The van der Waals surface area contributed by atoms with Crippen LogP contribution in [0.1, 0.15) is 13.3 Å². The number of nitrogens with one attached hydrogen (secondary N) is 1. The standard InChI is InChI=1S/C12H16F5N3/c1-8-2-11(13,14)6-19-10(8)5-20-4-9(3-18-7-20)12(15,16)17/h3-4,8,10,19H,2,5-7H2,1H3/t8-,10-/m1/s1. The van der Waals surface area contributed by atoms with Gasteiger partial charge >= 0.3 is 6.18 Å². The molecule has 0 amide bonds. The third-order valence-electron chi connectivity index (χ3n) is 3.50. The molecule has 2 aliphatic heterocycles. The van der Waals surface area contributed by atoms with Gasteiger partial charge in [-0.1, -0.05) is 6.92 Å². The first-order chi connectivity index (χ1) is 9.17. The molecule has 0 spiro atoms. The maximum atomic E-state index is 13.2. The van der Waals surface area contributed by atoms with E-state index in [1.807, 2.05) is 0 Å². The highest BCUT2D eigenvalue weighted by Gasteiger charge is 2.40. The summed E-state index contributed by atoms with van der Waals surface area (Å²) in [6, 6.07) is -0.270. The Morgan fingerprint density at radius 1 is 1.45 bits per heavy atom. The first kappa shape index (κ1) is 15.2. The zero-order valence-electron chi connectivity index (χ0n) is 10.9. The van der Waals surface area contributed by atoms with Crippen LogP contribution in [0.25, 0.3) is 0 Å². The van der Waals surface area contributed by atoms with Crippen molar-refractivity contribution in [3.05, 3.63) is 11.8 Å². The lowest BCUT2D eigenvalue weighted by molar-refractivity contribution is -0.0871. The third kappa shape index (κ3) is 3.68. The number of piperidine rings is 1. The van der Waals surface area contributed by atoms with Crippen LogP contribution in [-0.4, -0.2) is 49.0 Å². The third-order valence-corrected chi connectivity index (χ3v) is 3.50. The second kappa shape index (κ2) is 5.31. The average Bonchev–Trinajstić information content (AvgIpc) is 2.32. The fourth-order valence-electron chi connectivity index (χ4n) is 2.44. The van der Waals surface area contributed by atoms with E-state index in [1.54, 1.807) is 6.92 Å². The summed E-state index contributed by atoms with van der Waals surface area (Å²) < 4.78 is 64.0. The summed E-state index contributed by atoms with van der Waals surface area (Å²) >= 11 is 0. The number of alkyl halides is 5. The monoisotopic (exact) mass is 297 g/mol. The molecular weight excluding hydrogens is 281 g/mol. The summed E-state index contributed by atoms with van der Waals surface area (Å²) in [6.07, 6.45) is -2.91. The van der Waals surface area contributed by atoms with Crippen molar-refractivity contribution in [2.75, 3.05) is 19.8 Å². The summed E-state index contributed by atoms with van der Waals surface area (Å²) in [5.74, 6) is -3.06. The summed E-state index contributed by atoms with van der Waals surface area (Å²) in [7, 11) is 0. The molecule has 0 aromatic heterocycles. The highest BCUT2D eigenvalue weighted by atomic mass is 19.4. The minimum Gasteiger partial charge on any atom is -0.356 e. The van der Waals surface area contributed by atoms with E-state index >= 15 is 0 Å². The minimum atomic E-state index is -4.44. The summed E-state index contributed by atoms with van der Waals surface area (Å²) in [5.41, 5.74) is -0.822. The molecule has 114 valence electrons. The maximum Gasteiger partial charge on any atom is 0.419 e. The fourth-order valence-corrected chi connectivity index (χ4v) is 2.44. The highest BCUT2D eigenvalue weighted by Crippen LogP contribution is 2.30. The molecule has 1 saturated heterocycles. The van der Waals surface area contributed by atoms with Crippen LogP contribution in [0.4, 0.5) is 22.0 Å².